The summed E-state index contributed by atoms with van der Waals surface area (Å²) in [5.74, 6) is 0.0243. The molecule has 0 spiro atoms. The molecule has 1 rings (SSSR count). The van der Waals surface area contributed by atoms with Gasteiger partial charge in [-0.15, -0.1) is 0 Å². The lowest BCUT2D eigenvalue weighted by atomic mass is 10.2. The first-order valence-electron chi connectivity index (χ1n) is 6.52. The van der Waals surface area contributed by atoms with Crippen molar-refractivity contribution in [3.63, 3.8) is 0 Å². The monoisotopic (exact) mass is 317 g/mol. The minimum atomic E-state index is -0.303. The molecule has 0 radical (unpaired) electrons. The van der Waals surface area contributed by atoms with Gasteiger partial charge >= 0.3 is 0 Å². The van der Waals surface area contributed by atoms with Gasteiger partial charge in [0, 0.05) is 4.47 Å². The largest absolute Gasteiger partial charge is 0.490 e. The van der Waals surface area contributed by atoms with E-state index >= 15 is 0 Å². The first-order chi connectivity index (χ1) is 8.74. The molecule has 0 bridgehead atoms. The van der Waals surface area contributed by atoms with Crippen LogP contribution in [0.4, 0.5) is 4.39 Å². The molecule has 0 amide bonds. The Kier molecular flexibility index (Phi) is 8.01. The van der Waals surface area contributed by atoms with Crippen LogP contribution in [0.2, 0.25) is 0 Å². The van der Waals surface area contributed by atoms with Crippen molar-refractivity contribution in [1.82, 2.24) is 5.32 Å². The highest BCUT2D eigenvalue weighted by Gasteiger charge is 2.03. The van der Waals surface area contributed by atoms with Gasteiger partial charge in [0.05, 0.1) is 6.61 Å². The Labute approximate surface area is 117 Å². The highest BCUT2D eigenvalue weighted by Crippen LogP contribution is 2.22. The summed E-state index contributed by atoms with van der Waals surface area (Å²) >= 11 is 3.30. The summed E-state index contributed by atoms with van der Waals surface area (Å²) in [5.41, 5.74) is 0. The smallest absolute Gasteiger partial charge is 0.165 e. The van der Waals surface area contributed by atoms with Crippen molar-refractivity contribution in [2.24, 2.45) is 0 Å². The van der Waals surface area contributed by atoms with Crippen LogP contribution in [0.1, 0.15) is 32.6 Å². The SMILES string of the molecule is CCCNCCCCCOc1cc(Br)ccc1F. The summed E-state index contributed by atoms with van der Waals surface area (Å²) in [6.45, 7) is 4.87. The van der Waals surface area contributed by atoms with E-state index in [-0.39, 0.29) is 5.82 Å². The number of hydrogen-bond donors (Lipinski definition) is 1. The average Bonchev–Trinajstić information content (AvgIpc) is 2.36. The van der Waals surface area contributed by atoms with Crippen LogP contribution in [-0.4, -0.2) is 19.7 Å². The zero-order valence-electron chi connectivity index (χ0n) is 10.8. The molecule has 1 aromatic rings. The second-order valence-electron chi connectivity index (χ2n) is 4.23. The Hall–Kier alpha value is -0.610. The van der Waals surface area contributed by atoms with E-state index in [0.717, 1.165) is 36.8 Å². The minimum absolute atomic E-state index is 0.303. The molecule has 18 heavy (non-hydrogen) atoms. The Morgan fingerprint density at radius 1 is 1.22 bits per heavy atom. The molecule has 0 aliphatic heterocycles. The maximum Gasteiger partial charge on any atom is 0.165 e. The van der Waals surface area contributed by atoms with Crippen molar-refractivity contribution in [3.05, 3.63) is 28.5 Å². The van der Waals surface area contributed by atoms with E-state index in [1.807, 2.05) is 0 Å². The number of ether oxygens (including phenoxy) is 1. The Balaban J connectivity index is 2.09. The molecule has 1 N–H and O–H groups in total. The number of benzene rings is 1. The third-order valence-electron chi connectivity index (χ3n) is 2.58. The molecule has 0 saturated carbocycles. The topological polar surface area (TPSA) is 21.3 Å². The minimum Gasteiger partial charge on any atom is -0.490 e. The number of unbranched alkanes of at least 4 members (excludes halogenated alkanes) is 2. The highest BCUT2D eigenvalue weighted by molar-refractivity contribution is 9.10. The number of hydrogen-bond acceptors (Lipinski definition) is 2. The Morgan fingerprint density at radius 3 is 2.83 bits per heavy atom. The average molecular weight is 318 g/mol. The van der Waals surface area contributed by atoms with Gasteiger partial charge in [-0.1, -0.05) is 22.9 Å². The van der Waals surface area contributed by atoms with Crippen LogP contribution >= 0.6 is 15.9 Å². The van der Waals surface area contributed by atoms with E-state index < -0.39 is 0 Å². The number of nitrogens with one attached hydrogen (secondary N) is 1. The molecule has 102 valence electrons. The molecular weight excluding hydrogens is 297 g/mol. The van der Waals surface area contributed by atoms with Crippen LogP contribution < -0.4 is 10.1 Å². The fourth-order valence-corrected chi connectivity index (χ4v) is 1.94. The summed E-state index contributed by atoms with van der Waals surface area (Å²) in [4.78, 5) is 0. The molecule has 0 fully saturated rings. The predicted molar refractivity (Wildman–Crippen MR) is 76.6 cm³/mol. The van der Waals surface area contributed by atoms with Gasteiger partial charge in [-0.25, -0.2) is 4.39 Å². The number of halogens is 2. The first-order valence-corrected chi connectivity index (χ1v) is 7.32. The quantitative estimate of drug-likeness (QED) is 0.691. The fourth-order valence-electron chi connectivity index (χ4n) is 1.60. The zero-order valence-corrected chi connectivity index (χ0v) is 12.4. The molecule has 1 aromatic carbocycles. The van der Waals surface area contributed by atoms with E-state index in [2.05, 4.69) is 28.2 Å². The van der Waals surface area contributed by atoms with E-state index in [9.17, 15) is 4.39 Å². The van der Waals surface area contributed by atoms with Gasteiger partial charge in [0.2, 0.25) is 0 Å². The van der Waals surface area contributed by atoms with Gasteiger partial charge in [-0.2, -0.15) is 0 Å². The van der Waals surface area contributed by atoms with Crippen LogP contribution in [0, 0.1) is 5.82 Å². The van der Waals surface area contributed by atoms with E-state index in [4.69, 9.17) is 4.74 Å². The highest BCUT2D eigenvalue weighted by atomic mass is 79.9. The molecule has 0 aliphatic rings. The van der Waals surface area contributed by atoms with Crippen molar-refractivity contribution < 1.29 is 9.13 Å². The van der Waals surface area contributed by atoms with E-state index in [1.54, 1.807) is 12.1 Å². The van der Waals surface area contributed by atoms with Gasteiger partial charge in [0.25, 0.3) is 0 Å². The first kappa shape index (κ1) is 15.4. The molecular formula is C14H21BrFNO. The normalized spacial score (nSPS) is 10.6. The molecule has 0 heterocycles. The van der Waals surface area contributed by atoms with E-state index in [0.29, 0.717) is 12.4 Å². The summed E-state index contributed by atoms with van der Waals surface area (Å²) < 4.78 is 19.6. The molecule has 0 aromatic heterocycles. The fraction of sp³-hybridized carbons (Fsp3) is 0.571. The lowest BCUT2D eigenvalue weighted by molar-refractivity contribution is 0.290. The Bertz CT molecular complexity index is 347. The van der Waals surface area contributed by atoms with Crippen molar-refractivity contribution in [2.75, 3.05) is 19.7 Å². The molecule has 0 unspecified atom stereocenters. The van der Waals surface area contributed by atoms with Gasteiger partial charge in [0.1, 0.15) is 0 Å². The van der Waals surface area contributed by atoms with Crippen molar-refractivity contribution in [2.45, 2.75) is 32.6 Å². The summed E-state index contributed by atoms with van der Waals surface area (Å²) in [6.07, 6.45) is 4.38. The van der Waals surface area contributed by atoms with Gasteiger partial charge in [-0.05, 0) is 57.0 Å². The molecule has 2 nitrogen and oxygen atoms in total. The Morgan fingerprint density at radius 2 is 2.06 bits per heavy atom. The maximum atomic E-state index is 13.3. The second-order valence-corrected chi connectivity index (χ2v) is 5.15. The summed E-state index contributed by atoms with van der Waals surface area (Å²) in [6, 6.07) is 4.74. The van der Waals surface area contributed by atoms with Crippen LogP contribution in [0.15, 0.2) is 22.7 Å². The van der Waals surface area contributed by atoms with Gasteiger partial charge in [-0.3, -0.25) is 0 Å². The molecule has 0 saturated heterocycles. The third kappa shape index (κ3) is 6.36. The van der Waals surface area contributed by atoms with Crippen molar-refractivity contribution >= 4 is 15.9 Å². The van der Waals surface area contributed by atoms with Crippen molar-refractivity contribution in [1.29, 1.82) is 0 Å². The van der Waals surface area contributed by atoms with Gasteiger partial charge < -0.3 is 10.1 Å². The summed E-state index contributed by atoms with van der Waals surface area (Å²) in [5, 5.41) is 3.35. The van der Waals surface area contributed by atoms with Crippen LogP contribution in [0.5, 0.6) is 5.75 Å². The van der Waals surface area contributed by atoms with Crippen LogP contribution in [0.25, 0.3) is 0 Å². The maximum absolute atomic E-state index is 13.3. The van der Waals surface area contributed by atoms with E-state index in [1.165, 1.54) is 12.5 Å². The van der Waals surface area contributed by atoms with Crippen LogP contribution in [-0.2, 0) is 0 Å². The van der Waals surface area contributed by atoms with Gasteiger partial charge in [0.15, 0.2) is 11.6 Å². The standard InChI is InChI=1S/C14H21BrFNO/c1-2-8-17-9-4-3-5-10-18-14-11-12(15)6-7-13(14)16/h6-7,11,17H,2-5,8-10H2,1H3. The molecule has 0 atom stereocenters. The lowest BCUT2D eigenvalue weighted by Gasteiger charge is -2.07. The molecule has 4 heteroatoms. The van der Waals surface area contributed by atoms with Crippen molar-refractivity contribution in [3.8, 4) is 5.75 Å². The third-order valence-corrected chi connectivity index (χ3v) is 3.07. The zero-order chi connectivity index (χ0) is 13.2. The second kappa shape index (κ2) is 9.34. The predicted octanol–water partition coefficient (Wildman–Crippen LogP) is 4.14. The van der Waals surface area contributed by atoms with Crippen LogP contribution in [0.3, 0.4) is 0 Å². The number of rotatable bonds is 9. The molecule has 0 aliphatic carbocycles. The summed E-state index contributed by atoms with van der Waals surface area (Å²) in [7, 11) is 0. The lowest BCUT2D eigenvalue weighted by Crippen LogP contribution is -2.15.